The lowest BCUT2D eigenvalue weighted by Crippen LogP contribution is -2.58. The molecule has 3 N–H and O–H groups in total. The minimum atomic E-state index is -4.27. The van der Waals surface area contributed by atoms with Crippen molar-refractivity contribution in [2.24, 2.45) is 16.7 Å². The standard InChI is InChI=1S/C36H55N4O9P/c1-8-25-18-36(25,50(45,46)48-9-2)38-30(41)28-17-26-20-40(28)31(42)29(34(3,4)5)37-32(43)47-22-35(6,7)16-11-10-13-23-14-12-15-24-19-39(21-27(23)24)33(44)49-26/h12,14-15,25-26,28-29H,8-11,13,16-22H2,1-7H3,(H,37,43)(H,38,41)(H,45,46)/t25-,26-,28+,29-,36+/m1/s1. The third kappa shape index (κ3) is 8.00. The molecule has 14 heteroatoms. The van der Waals surface area contributed by atoms with Gasteiger partial charge in [-0.05, 0) is 66.0 Å². The summed E-state index contributed by atoms with van der Waals surface area (Å²) in [6, 6.07) is 3.89. The molecular formula is C36H55N4O9P. The summed E-state index contributed by atoms with van der Waals surface area (Å²) < 4.78 is 30.3. The van der Waals surface area contributed by atoms with Gasteiger partial charge < -0.3 is 34.4 Å². The molecule has 0 radical (unpaired) electrons. The Bertz CT molecular complexity index is 1530. The fourth-order valence-corrected chi connectivity index (χ4v) is 9.56. The van der Waals surface area contributed by atoms with Crippen molar-refractivity contribution in [1.29, 1.82) is 0 Å². The van der Waals surface area contributed by atoms with Crippen LogP contribution in [0.15, 0.2) is 18.2 Å². The number of nitrogens with one attached hydrogen (secondary N) is 2. The summed E-state index contributed by atoms with van der Waals surface area (Å²) in [5.74, 6) is -1.47. The Morgan fingerprint density at radius 2 is 1.86 bits per heavy atom. The lowest BCUT2D eigenvalue weighted by Gasteiger charge is -2.36. The topological polar surface area (TPSA) is 164 Å². The van der Waals surface area contributed by atoms with Crippen LogP contribution in [0.25, 0.3) is 0 Å². The van der Waals surface area contributed by atoms with E-state index in [0.717, 1.165) is 36.8 Å². The maximum Gasteiger partial charge on any atom is 0.410 e. The molecule has 1 saturated heterocycles. The van der Waals surface area contributed by atoms with E-state index in [4.69, 9.17) is 14.0 Å². The zero-order valence-corrected chi connectivity index (χ0v) is 31.5. The smallest absolute Gasteiger partial charge is 0.410 e. The lowest BCUT2D eigenvalue weighted by atomic mass is 9.85. The van der Waals surface area contributed by atoms with Crippen LogP contribution in [-0.2, 0) is 47.7 Å². The van der Waals surface area contributed by atoms with E-state index in [0.29, 0.717) is 19.5 Å². The number of benzene rings is 1. The predicted molar refractivity (Wildman–Crippen MR) is 186 cm³/mol. The quantitative estimate of drug-likeness (QED) is 0.324. The van der Waals surface area contributed by atoms with E-state index >= 15 is 0 Å². The Balaban J connectivity index is 1.45. The number of nitrogens with zero attached hydrogens (tertiary/aromatic N) is 2. The number of ether oxygens (including phenoxy) is 2. The molecule has 1 saturated carbocycles. The van der Waals surface area contributed by atoms with Gasteiger partial charge in [0.05, 0.1) is 19.8 Å². The maximum atomic E-state index is 14.4. The second kappa shape index (κ2) is 14.5. The first kappa shape index (κ1) is 38.1. The molecule has 13 nitrogen and oxygen atoms in total. The first-order valence-corrected chi connectivity index (χ1v) is 19.6. The average Bonchev–Trinajstić information content (AvgIpc) is 3.35. The van der Waals surface area contributed by atoms with Gasteiger partial charge in [0.1, 0.15) is 23.5 Å². The number of carbonyl (C=O) groups excluding carboxylic acids is 4. The number of amides is 4. The Labute approximate surface area is 295 Å². The molecule has 3 heterocycles. The normalized spacial score (nSPS) is 30.1. The molecule has 50 heavy (non-hydrogen) atoms. The van der Waals surface area contributed by atoms with Gasteiger partial charge in [-0.3, -0.25) is 19.1 Å². The highest BCUT2D eigenvalue weighted by Crippen LogP contribution is 2.70. The molecule has 0 spiro atoms. The summed E-state index contributed by atoms with van der Waals surface area (Å²) in [6.07, 6.45) is 2.20. The van der Waals surface area contributed by atoms with E-state index in [9.17, 15) is 28.6 Å². The summed E-state index contributed by atoms with van der Waals surface area (Å²) in [7, 11) is -4.27. The molecule has 4 amide bonds. The van der Waals surface area contributed by atoms with Gasteiger partial charge in [-0.25, -0.2) is 9.59 Å². The first-order chi connectivity index (χ1) is 23.4. The van der Waals surface area contributed by atoms with Crippen LogP contribution in [0.5, 0.6) is 0 Å². The molecule has 1 aliphatic carbocycles. The van der Waals surface area contributed by atoms with Crippen LogP contribution in [0.3, 0.4) is 0 Å². The molecule has 5 rings (SSSR count). The van der Waals surface area contributed by atoms with Crippen molar-refractivity contribution >= 4 is 31.6 Å². The van der Waals surface area contributed by atoms with Gasteiger partial charge in [0, 0.05) is 19.5 Å². The van der Waals surface area contributed by atoms with Crippen molar-refractivity contribution in [1.82, 2.24) is 20.4 Å². The first-order valence-electron chi connectivity index (χ1n) is 18.0. The number of hydrogen-bond acceptors (Lipinski definition) is 8. The molecule has 0 aromatic heterocycles. The minimum absolute atomic E-state index is 0.0119. The number of alkyl carbamates (subject to hydrolysis) is 1. The molecule has 278 valence electrons. The molecule has 6 atom stereocenters. The van der Waals surface area contributed by atoms with Gasteiger partial charge in [-0.1, -0.05) is 72.6 Å². The number of fused-ring (bicyclic) bond motifs is 3. The van der Waals surface area contributed by atoms with E-state index in [2.05, 4.69) is 16.7 Å². The third-order valence-corrected chi connectivity index (χ3v) is 13.0. The van der Waals surface area contributed by atoms with Gasteiger partial charge in [0.2, 0.25) is 11.8 Å². The van der Waals surface area contributed by atoms with E-state index in [-0.39, 0.29) is 43.9 Å². The highest BCUT2D eigenvalue weighted by Gasteiger charge is 2.67. The number of aryl methyl sites for hydroxylation is 1. The largest absolute Gasteiger partial charge is 0.449 e. The molecule has 4 aliphatic rings. The Morgan fingerprint density at radius 1 is 1.14 bits per heavy atom. The molecule has 1 aromatic rings. The lowest BCUT2D eigenvalue weighted by molar-refractivity contribution is -0.142. The highest BCUT2D eigenvalue weighted by atomic mass is 31.2. The van der Waals surface area contributed by atoms with Crippen molar-refractivity contribution in [2.75, 3.05) is 19.8 Å². The van der Waals surface area contributed by atoms with Gasteiger partial charge in [-0.2, -0.15) is 0 Å². The van der Waals surface area contributed by atoms with Gasteiger partial charge in [0.15, 0.2) is 0 Å². The van der Waals surface area contributed by atoms with Gasteiger partial charge in [-0.15, -0.1) is 0 Å². The Morgan fingerprint density at radius 3 is 2.52 bits per heavy atom. The summed E-state index contributed by atoms with van der Waals surface area (Å²) in [5, 5.41) is 4.09. The minimum Gasteiger partial charge on any atom is -0.449 e. The molecule has 2 fully saturated rings. The highest BCUT2D eigenvalue weighted by molar-refractivity contribution is 7.55. The van der Waals surface area contributed by atoms with Crippen molar-refractivity contribution in [3.05, 3.63) is 34.9 Å². The van der Waals surface area contributed by atoms with Crippen LogP contribution >= 0.6 is 7.60 Å². The number of carbonyl (C=O) groups is 4. The van der Waals surface area contributed by atoms with Crippen LogP contribution < -0.4 is 10.6 Å². The third-order valence-electron chi connectivity index (χ3n) is 10.7. The fourth-order valence-electron chi connectivity index (χ4n) is 7.63. The average molecular weight is 719 g/mol. The number of hydrogen-bond donors (Lipinski definition) is 3. The summed E-state index contributed by atoms with van der Waals surface area (Å²) in [4.78, 5) is 69.2. The SMILES string of the molecule is CCOP(=O)(O)[C@@]1(NC(=O)[C@@H]2C[C@@H]3CN2C(=O)[C@H](C(C)(C)C)NC(=O)OCC(C)(C)CCCCc2cccc4c2CN(C4)C(=O)O3)C[C@H]1CC. The van der Waals surface area contributed by atoms with Crippen molar-refractivity contribution < 1.29 is 42.6 Å². The van der Waals surface area contributed by atoms with Crippen molar-refractivity contribution in [2.45, 2.75) is 130 Å². The van der Waals surface area contributed by atoms with Gasteiger partial charge in [0.25, 0.3) is 0 Å². The molecule has 1 unspecified atom stereocenters. The van der Waals surface area contributed by atoms with Crippen LogP contribution in [0, 0.1) is 16.7 Å². The van der Waals surface area contributed by atoms with E-state index in [1.165, 1.54) is 10.5 Å². The van der Waals surface area contributed by atoms with E-state index < -0.39 is 60.5 Å². The molecule has 4 bridgehead atoms. The van der Waals surface area contributed by atoms with Crippen LogP contribution in [0.2, 0.25) is 0 Å². The summed E-state index contributed by atoms with van der Waals surface area (Å²) >= 11 is 0. The monoisotopic (exact) mass is 718 g/mol. The second-order valence-electron chi connectivity index (χ2n) is 16.2. The second-order valence-corrected chi connectivity index (χ2v) is 18.3. The van der Waals surface area contributed by atoms with Crippen molar-refractivity contribution in [3.63, 3.8) is 0 Å². The van der Waals surface area contributed by atoms with Gasteiger partial charge >= 0.3 is 19.8 Å². The number of cyclic esters (lactones) is 1. The molecular weight excluding hydrogens is 663 g/mol. The van der Waals surface area contributed by atoms with Crippen molar-refractivity contribution in [3.8, 4) is 0 Å². The van der Waals surface area contributed by atoms with Crippen LogP contribution in [0.4, 0.5) is 9.59 Å². The summed E-state index contributed by atoms with van der Waals surface area (Å²) in [5.41, 5.74) is 2.29. The van der Waals surface area contributed by atoms with Crippen LogP contribution in [-0.4, -0.2) is 81.9 Å². The fraction of sp³-hybridized carbons (Fsp3) is 0.722. The van der Waals surface area contributed by atoms with E-state index in [1.54, 1.807) is 32.6 Å². The maximum absolute atomic E-state index is 14.4. The zero-order chi connectivity index (χ0) is 36.6. The Kier molecular flexibility index (Phi) is 11.0. The zero-order valence-electron chi connectivity index (χ0n) is 30.6. The van der Waals surface area contributed by atoms with Crippen LogP contribution in [0.1, 0.15) is 104 Å². The number of rotatable bonds is 6. The summed E-state index contributed by atoms with van der Waals surface area (Å²) in [6.45, 7) is 13.8. The molecule has 1 aromatic carbocycles. The molecule has 3 aliphatic heterocycles. The Hall–Kier alpha value is -3.15. The van der Waals surface area contributed by atoms with E-state index in [1.807, 2.05) is 32.9 Å². The predicted octanol–water partition coefficient (Wildman–Crippen LogP) is 5.47.